The third-order valence-electron chi connectivity index (χ3n) is 3.41. The summed E-state index contributed by atoms with van der Waals surface area (Å²) in [5.41, 5.74) is 0.437. The van der Waals surface area contributed by atoms with Crippen molar-refractivity contribution < 1.29 is 13.5 Å². The fourth-order valence-corrected chi connectivity index (χ4v) is 3.24. The second-order valence-electron chi connectivity index (χ2n) is 4.60. The number of hydrogen-bond donors (Lipinski definition) is 1. The van der Waals surface area contributed by atoms with E-state index in [1.54, 1.807) is 19.1 Å². The molecule has 0 amide bonds. The SMILES string of the molecule is CC(O)C1(c2ccccc2S(C)(=O)=O)CC1. The van der Waals surface area contributed by atoms with Gasteiger partial charge in [0.1, 0.15) is 0 Å². The molecule has 0 heterocycles. The quantitative estimate of drug-likeness (QED) is 0.871. The van der Waals surface area contributed by atoms with Crippen LogP contribution < -0.4 is 0 Å². The van der Waals surface area contributed by atoms with Gasteiger partial charge in [0.2, 0.25) is 0 Å². The molecule has 1 atom stereocenters. The zero-order valence-electron chi connectivity index (χ0n) is 9.47. The van der Waals surface area contributed by atoms with Gasteiger partial charge in [0.05, 0.1) is 11.0 Å². The van der Waals surface area contributed by atoms with Gasteiger partial charge in [0, 0.05) is 11.7 Å². The van der Waals surface area contributed by atoms with Gasteiger partial charge in [-0.1, -0.05) is 18.2 Å². The molecule has 0 spiro atoms. The molecule has 2 rings (SSSR count). The Morgan fingerprint density at radius 1 is 1.31 bits per heavy atom. The van der Waals surface area contributed by atoms with Gasteiger partial charge in [-0.15, -0.1) is 0 Å². The van der Waals surface area contributed by atoms with E-state index in [1.165, 1.54) is 6.26 Å². The molecular weight excluding hydrogens is 224 g/mol. The van der Waals surface area contributed by atoms with Gasteiger partial charge < -0.3 is 5.11 Å². The maximum absolute atomic E-state index is 11.7. The summed E-state index contributed by atoms with van der Waals surface area (Å²) < 4.78 is 23.3. The summed E-state index contributed by atoms with van der Waals surface area (Å²) in [5.74, 6) is 0. The topological polar surface area (TPSA) is 54.4 Å². The Morgan fingerprint density at radius 3 is 2.31 bits per heavy atom. The Labute approximate surface area is 96.0 Å². The zero-order chi connectivity index (χ0) is 12.0. The van der Waals surface area contributed by atoms with Crippen molar-refractivity contribution in [3.63, 3.8) is 0 Å². The molecule has 0 bridgehead atoms. The van der Waals surface area contributed by atoms with E-state index in [0.717, 1.165) is 18.4 Å². The van der Waals surface area contributed by atoms with E-state index in [4.69, 9.17) is 0 Å². The number of aliphatic hydroxyl groups excluding tert-OH is 1. The van der Waals surface area contributed by atoms with E-state index in [9.17, 15) is 13.5 Å². The van der Waals surface area contributed by atoms with Gasteiger partial charge in [-0.3, -0.25) is 0 Å². The van der Waals surface area contributed by atoms with Crippen molar-refractivity contribution in [2.45, 2.75) is 36.2 Å². The first-order valence-corrected chi connectivity index (χ1v) is 7.25. The minimum Gasteiger partial charge on any atom is -0.392 e. The van der Waals surface area contributed by atoms with Crippen LogP contribution in [0.15, 0.2) is 29.2 Å². The first-order chi connectivity index (χ1) is 7.38. The van der Waals surface area contributed by atoms with E-state index >= 15 is 0 Å². The number of sulfone groups is 1. The molecule has 88 valence electrons. The molecule has 1 aromatic rings. The van der Waals surface area contributed by atoms with E-state index in [0.29, 0.717) is 4.90 Å². The molecule has 16 heavy (non-hydrogen) atoms. The fourth-order valence-electron chi connectivity index (χ4n) is 2.25. The highest BCUT2D eigenvalue weighted by molar-refractivity contribution is 7.90. The Bertz CT molecular complexity index is 499. The first kappa shape index (κ1) is 11.6. The normalized spacial score (nSPS) is 20.4. The van der Waals surface area contributed by atoms with E-state index in [-0.39, 0.29) is 5.41 Å². The van der Waals surface area contributed by atoms with E-state index in [2.05, 4.69) is 0 Å². The fraction of sp³-hybridized carbons (Fsp3) is 0.500. The monoisotopic (exact) mass is 240 g/mol. The largest absolute Gasteiger partial charge is 0.392 e. The highest BCUT2D eigenvalue weighted by Crippen LogP contribution is 2.52. The Hall–Kier alpha value is -0.870. The molecule has 0 saturated heterocycles. The molecule has 4 heteroatoms. The number of benzene rings is 1. The van der Waals surface area contributed by atoms with Crippen molar-refractivity contribution in [2.24, 2.45) is 0 Å². The second kappa shape index (κ2) is 3.57. The minimum atomic E-state index is -3.22. The Morgan fingerprint density at radius 2 is 1.88 bits per heavy atom. The van der Waals surface area contributed by atoms with Crippen LogP contribution in [0.25, 0.3) is 0 Å². The molecule has 1 aliphatic carbocycles. The zero-order valence-corrected chi connectivity index (χ0v) is 10.3. The van der Waals surface area contributed by atoms with Gasteiger partial charge in [0.25, 0.3) is 0 Å². The Balaban J connectivity index is 2.59. The summed E-state index contributed by atoms with van der Waals surface area (Å²) in [6, 6.07) is 6.98. The van der Waals surface area contributed by atoms with Gasteiger partial charge in [0.15, 0.2) is 9.84 Å². The van der Waals surface area contributed by atoms with Crippen LogP contribution in [-0.2, 0) is 15.3 Å². The van der Waals surface area contributed by atoms with Crippen molar-refractivity contribution in [2.75, 3.05) is 6.26 Å². The molecule has 1 fully saturated rings. The van der Waals surface area contributed by atoms with Crippen LogP contribution in [0, 0.1) is 0 Å². The lowest BCUT2D eigenvalue weighted by molar-refractivity contribution is 0.149. The standard InChI is InChI=1S/C12H16O3S/c1-9(13)12(7-8-12)10-5-3-4-6-11(10)16(2,14)15/h3-6,9,13H,7-8H2,1-2H3. The molecule has 1 aliphatic rings. The molecule has 0 radical (unpaired) electrons. The third kappa shape index (κ3) is 1.76. The summed E-state index contributed by atoms with van der Waals surface area (Å²) in [7, 11) is -3.22. The molecule has 0 aromatic heterocycles. The van der Waals surface area contributed by atoms with Crippen LogP contribution in [0.1, 0.15) is 25.3 Å². The average molecular weight is 240 g/mol. The summed E-state index contributed by atoms with van der Waals surface area (Å²) in [6.07, 6.45) is 2.42. The lowest BCUT2D eigenvalue weighted by Crippen LogP contribution is -2.24. The van der Waals surface area contributed by atoms with Crippen LogP contribution in [-0.4, -0.2) is 25.9 Å². The van der Waals surface area contributed by atoms with Crippen molar-refractivity contribution in [1.82, 2.24) is 0 Å². The maximum Gasteiger partial charge on any atom is 0.175 e. The van der Waals surface area contributed by atoms with Crippen LogP contribution in [0.2, 0.25) is 0 Å². The number of aliphatic hydroxyl groups is 1. The molecule has 1 saturated carbocycles. The van der Waals surface area contributed by atoms with Crippen LogP contribution in [0.4, 0.5) is 0 Å². The molecule has 1 aromatic carbocycles. The highest BCUT2D eigenvalue weighted by Gasteiger charge is 2.50. The number of rotatable bonds is 3. The van der Waals surface area contributed by atoms with Crippen molar-refractivity contribution >= 4 is 9.84 Å². The third-order valence-corrected chi connectivity index (χ3v) is 4.57. The van der Waals surface area contributed by atoms with Crippen LogP contribution in [0.5, 0.6) is 0 Å². The highest BCUT2D eigenvalue weighted by atomic mass is 32.2. The lowest BCUT2D eigenvalue weighted by Gasteiger charge is -2.21. The summed E-state index contributed by atoms with van der Waals surface area (Å²) in [6.45, 7) is 1.73. The maximum atomic E-state index is 11.7. The van der Waals surface area contributed by atoms with Gasteiger partial charge >= 0.3 is 0 Å². The molecule has 1 N–H and O–H groups in total. The smallest absolute Gasteiger partial charge is 0.175 e. The first-order valence-electron chi connectivity index (χ1n) is 5.35. The van der Waals surface area contributed by atoms with Crippen molar-refractivity contribution in [3.05, 3.63) is 29.8 Å². The van der Waals surface area contributed by atoms with Crippen molar-refractivity contribution in [3.8, 4) is 0 Å². The van der Waals surface area contributed by atoms with Gasteiger partial charge in [-0.25, -0.2) is 8.42 Å². The molecular formula is C12H16O3S. The predicted octanol–water partition coefficient (Wildman–Crippen LogP) is 1.50. The van der Waals surface area contributed by atoms with Crippen LogP contribution in [0.3, 0.4) is 0 Å². The molecule has 3 nitrogen and oxygen atoms in total. The minimum absolute atomic E-state index is 0.334. The van der Waals surface area contributed by atoms with E-state index in [1.807, 2.05) is 12.1 Å². The summed E-state index contributed by atoms with van der Waals surface area (Å²) in [5, 5.41) is 9.79. The lowest BCUT2D eigenvalue weighted by atomic mass is 9.91. The number of hydrogen-bond acceptors (Lipinski definition) is 3. The second-order valence-corrected chi connectivity index (χ2v) is 6.58. The predicted molar refractivity (Wildman–Crippen MR) is 62.1 cm³/mol. The van der Waals surface area contributed by atoms with E-state index < -0.39 is 15.9 Å². The molecule has 0 aliphatic heterocycles. The molecule has 1 unspecified atom stereocenters. The van der Waals surface area contributed by atoms with Gasteiger partial charge in [-0.05, 0) is 31.4 Å². The summed E-state index contributed by atoms with van der Waals surface area (Å²) in [4.78, 5) is 0.355. The average Bonchev–Trinajstić information content (AvgIpc) is 2.97. The van der Waals surface area contributed by atoms with Gasteiger partial charge in [-0.2, -0.15) is 0 Å². The van der Waals surface area contributed by atoms with Crippen molar-refractivity contribution in [1.29, 1.82) is 0 Å². The summed E-state index contributed by atoms with van der Waals surface area (Å²) >= 11 is 0. The Kier molecular flexibility index (Phi) is 2.59. The van der Waals surface area contributed by atoms with Crippen LogP contribution >= 0.6 is 0 Å².